The maximum Gasteiger partial charge on any atom is 0.164 e. The third kappa shape index (κ3) is 2.10. The van der Waals surface area contributed by atoms with Gasteiger partial charge in [0.05, 0.1) is 0 Å². The van der Waals surface area contributed by atoms with Gasteiger partial charge in [-0.05, 0) is 11.6 Å². The molecule has 1 aromatic rings. The number of ketones is 1. The molecular weight excluding hydrogens is 230 g/mol. The highest BCUT2D eigenvalue weighted by molar-refractivity contribution is 9.08. The number of benzene rings is 1. The fraction of sp³-hybridized carbons (Fsp3) is 0.300. The summed E-state index contributed by atoms with van der Waals surface area (Å²) in [6.07, 6.45) is 0.496. The van der Waals surface area contributed by atoms with Crippen molar-refractivity contribution in [1.82, 2.24) is 0 Å². The lowest BCUT2D eigenvalue weighted by atomic mass is 10.0. The normalized spacial score (nSPS) is 10.0. The summed E-state index contributed by atoms with van der Waals surface area (Å²) in [5, 5.41) is 0.684. The number of hydrogen-bond acceptors (Lipinski definition) is 2. The van der Waals surface area contributed by atoms with Crippen molar-refractivity contribution in [1.29, 1.82) is 0 Å². The Morgan fingerprint density at radius 1 is 1.54 bits per heavy atom. The Balaban J connectivity index is 3.15. The first-order chi connectivity index (χ1) is 6.20. The van der Waals surface area contributed by atoms with Gasteiger partial charge in [-0.15, -0.1) is 0 Å². The number of alkyl halides is 1. The van der Waals surface area contributed by atoms with Crippen LogP contribution in [0.2, 0.25) is 0 Å². The molecule has 0 aliphatic heterocycles. The van der Waals surface area contributed by atoms with E-state index in [0.717, 1.165) is 5.56 Å². The third-order valence-corrected chi connectivity index (χ3v) is 2.57. The molecule has 13 heavy (non-hydrogen) atoms. The van der Waals surface area contributed by atoms with Crippen molar-refractivity contribution in [2.45, 2.75) is 18.7 Å². The number of nitrogens with two attached hydrogens (primary N) is 1. The van der Waals surface area contributed by atoms with E-state index >= 15 is 0 Å². The fourth-order valence-electron chi connectivity index (χ4n) is 1.16. The predicted molar refractivity (Wildman–Crippen MR) is 58.1 cm³/mol. The van der Waals surface area contributed by atoms with Crippen molar-refractivity contribution >= 4 is 27.4 Å². The second-order valence-electron chi connectivity index (χ2n) is 2.79. The molecule has 0 aliphatic rings. The highest BCUT2D eigenvalue weighted by Gasteiger charge is 2.09. The van der Waals surface area contributed by atoms with E-state index in [4.69, 9.17) is 5.73 Å². The number of rotatable bonds is 3. The van der Waals surface area contributed by atoms with Crippen molar-refractivity contribution in [3.8, 4) is 0 Å². The molecule has 0 atom stereocenters. The average molecular weight is 242 g/mol. The second kappa shape index (κ2) is 4.42. The first kappa shape index (κ1) is 10.3. The van der Waals surface area contributed by atoms with Crippen LogP contribution in [0.25, 0.3) is 0 Å². The smallest absolute Gasteiger partial charge is 0.164 e. The number of hydrogen-bond donors (Lipinski definition) is 1. The highest BCUT2D eigenvalue weighted by atomic mass is 79.9. The predicted octanol–water partition coefficient (Wildman–Crippen LogP) is 2.76. The van der Waals surface area contributed by atoms with Gasteiger partial charge in [-0.3, -0.25) is 4.79 Å². The quantitative estimate of drug-likeness (QED) is 0.503. The first-order valence-corrected chi connectivity index (χ1v) is 5.29. The van der Waals surface area contributed by atoms with E-state index in [1.54, 1.807) is 6.07 Å². The summed E-state index contributed by atoms with van der Waals surface area (Å²) >= 11 is 3.32. The van der Waals surface area contributed by atoms with E-state index in [1.807, 2.05) is 19.1 Å². The first-order valence-electron chi connectivity index (χ1n) is 4.17. The molecule has 0 spiro atoms. The van der Waals surface area contributed by atoms with E-state index in [1.165, 1.54) is 0 Å². The van der Waals surface area contributed by atoms with Gasteiger partial charge in [0.15, 0.2) is 5.78 Å². The Kier molecular flexibility index (Phi) is 3.48. The van der Waals surface area contributed by atoms with E-state index in [0.29, 0.717) is 23.0 Å². The van der Waals surface area contributed by atoms with Gasteiger partial charge in [-0.1, -0.05) is 35.0 Å². The van der Waals surface area contributed by atoms with Gasteiger partial charge in [0.2, 0.25) is 0 Å². The SMILES string of the molecule is CCC(=O)c1cccc(CBr)c1N. The van der Waals surface area contributed by atoms with Gasteiger partial charge in [0, 0.05) is 23.0 Å². The van der Waals surface area contributed by atoms with E-state index < -0.39 is 0 Å². The molecule has 2 N–H and O–H groups in total. The monoisotopic (exact) mass is 241 g/mol. The van der Waals surface area contributed by atoms with Gasteiger partial charge in [0.25, 0.3) is 0 Å². The zero-order chi connectivity index (χ0) is 9.84. The van der Waals surface area contributed by atoms with E-state index in [2.05, 4.69) is 15.9 Å². The van der Waals surface area contributed by atoms with Crippen LogP contribution < -0.4 is 5.73 Å². The Morgan fingerprint density at radius 2 is 2.23 bits per heavy atom. The minimum atomic E-state index is 0.0975. The van der Waals surface area contributed by atoms with Crippen molar-refractivity contribution in [3.05, 3.63) is 29.3 Å². The van der Waals surface area contributed by atoms with E-state index in [-0.39, 0.29) is 5.78 Å². The van der Waals surface area contributed by atoms with Gasteiger partial charge in [0.1, 0.15) is 0 Å². The van der Waals surface area contributed by atoms with Crippen LogP contribution in [-0.4, -0.2) is 5.78 Å². The van der Waals surface area contributed by atoms with Crippen LogP contribution in [0.4, 0.5) is 5.69 Å². The van der Waals surface area contributed by atoms with Crippen LogP contribution in [0.5, 0.6) is 0 Å². The summed E-state index contributed by atoms with van der Waals surface area (Å²) in [5.74, 6) is 0.0975. The van der Waals surface area contributed by atoms with Crippen molar-refractivity contribution < 1.29 is 4.79 Å². The molecule has 2 nitrogen and oxygen atoms in total. The van der Waals surface area contributed by atoms with Crippen LogP contribution in [-0.2, 0) is 5.33 Å². The summed E-state index contributed by atoms with van der Waals surface area (Å²) in [6, 6.07) is 5.54. The molecule has 0 unspecified atom stereocenters. The largest absolute Gasteiger partial charge is 0.398 e. The number of carbonyl (C=O) groups is 1. The van der Waals surface area contributed by atoms with Crippen molar-refractivity contribution in [3.63, 3.8) is 0 Å². The van der Waals surface area contributed by atoms with E-state index in [9.17, 15) is 4.79 Å². The van der Waals surface area contributed by atoms with Crippen LogP contribution in [0.15, 0.2) is 18.2 Å². The maximum absolute atomic E-state index is 11.4. The lowest BCUT2D eigenvalue weighted by Crippen LogP contribution is -2.04. The third-order valence-electron chi connectivity index (χ3n) is 1.96. The molecule has 3 heteroatoms. The summed E-state index contributed by atoms with van der Waals surface area (Å²) in [4.78, 5) is 11.4. The molecule has 70 valence electrons. The molecule has 0 aromatic heterocycles. The molecule has 0 fully saturated rings. The number of anilines is 1. The standard InChI is InChI=1S/C10H12BrNO/c1-2-9(13)8-5-3-4-7(6-11)10(8)12/h3-5H,2,6,12H2,1H3. The molecule has 0 saturated heterocycles. The molecule has 0 saturated carbocycles. The van der Waals surface area contributed by atoms with Gasteiger partial charge >= 0.3 is 0 Å². The summed E-state index contributed by atoms with van der Waals surface area (Å²) in [7, 11) is 0. The van der Waals surface area contributed by atoms with Gasteiger partial charge in [-0.25, -0.2) is 0 Å². The van der Waals surface area contributed by atoms with Crippen LogP contribution in [0.3, 0.4) is 0 Å². The van der Waals surface area contributed by atoms with Gasteiger partial charge < -0.3 is 5.73 Å². The van der Waals surface area contributed by atoms with Crippen LogP contribution >= 0.6 is 15.9 Å². The Morgan fingerprint density at radius 3 is 2.77 bits per heavy atom. The average Bonchev–Trinajstić information content (AvgIpc) is 2.17. The maximum atomic E-state index is 11.4. The molecule has 0 amide bonds. The number of carbonyl (C=O) groups excluding carboxylic acids is 1. The van der Waals surface area contributed by atoms with Crippen molar-refractivity contribution in [2.24, 2.45) is 0 Å². The Labute approximate surface area is 86.3 Å². The Hall–Kier alpha value is -0.830. The Bertz CT molecular complexity index is 323. The second-order valence-corrected chi connectivity index (χ2v) is 3.35. The zero-order valence-corrected chi connectivity index (χ0v) is 9.10. The number of halogens is 1. The fourth-order valence-corrected chi connectivity index (χ4v) is 1.65. The lowest BCUT2D eigenvalue weighted by molar-refractivity contribution is 0.0989. The van der Waals surface area contributed by atoms with Crippen LogP contribution in [0.1, 0.15) is 29.3 Å². The molecule has 0 bridgehead atoms. The number of para-hydroxylation sites is 1. The molecule has 0 heterocycles. The molecular formula is C10H12BrNO. The topological polar surface area (TPSA) is 43.1 Å². The van der Waals surface area contributed by atoms with Crippen molar-refractivity contribution in [2.75, 3.05) is 5.73 Å². The zero-order valence-electron chi connectivity index (χ0n) is 7.51. The summed E-state index contributed by atoms with van der Waals surface area (Å²) < 4.78 is 0. The van der Waals surface area contributed by atoms with Crippen LogP contribution in [0, 0.1) is 0 Å². The number of nitrogen functional groups attached to an aromatic ring is 1. The summed E-state index contributed by atoms with van der Waals surface area (Å²) in [5.41, 5.74) is 8.03. The lowest BCUT2D eigenvalue weighted by Gasteiger charge is -2.06. The molecule has 0 radical (unpaired) electrons. The van der Waals surface area contributed by atoms with Gasteiger partial charge in [-0.2, -0.15) is 0 Å². The minimum Gasteiger partial charge on any atom is -0.398 e. The molecule has 1 rings (SSSR count). The molecule has 0 aliphatic carbocycles. The minimum absolute atomic E-state index is 0.0975. The molecule has 1 aromatic carbocycles. The highest BCUT2D eigenvalue weighted by Crippen LogP contribution is 2.20. The number of Topliss-reactive ketones (excluding diaryl/α,β-unsaturated/α-hetero) is 1. The summed E-state index contributed by atoms with van der Waals surface area (Å²) in [6.45, 7) is 1.84.